The van der Waals surface area contributed by atoms with Gasteiger partial charge in [0.15, 0.2) is 0 Å². The van der Waals surface area contributed by atoms with E-state index in [2.05, 4.69) is 17.4 Å². The third-order valence-electron chi connectivity index (χ3n) is 3.01. The monoisotopic (exact) mass is 243 g/mol. The van der Waals surface area contributed by atoms with Crippen molar-refractivity contribution in [3.63, 3.8) is 0 Å². The number of aryl methyl sites for hydroxylation is 2. The van der Waals surface area contributed by atoms with E-state index in [9.17, 15) is 4.39 Å². The number of halogens is 1. The van der Waals surface area contributed by atoms with E-state index in [1.165, 1.54) is 11.6 Å². The fourth-order valence-electron chi connectivity index (χ4n) is 2.01. The molecule has 1 nitrogen and oxygen atoms in total. The molecular formula is C16H18FN. The van der Waals surface area contributed by atoms with Gasteiger partial charge in [-0.15, -0.1) is 0 Å². The van der Waals surface area contributed by atoms with Gasteiger partial charge in [0, 0.05) is 6.54 Å². The van der Waals surface area contributed by atoms with E-state index in [1.807, 2.05) is 31.2 Å². The van der Waals surface area contributed by atoms with Crippen LogP contribution in [0.15, 0.2) is 48.5 Å². The van der Waals surface area contributed by atoms with Crippen molar-refractivity contribution >= 4 is 5.69 Å². The molecule has 1 N–H and O–H groups in total. The Morgan fingerprint density at radius 1 is 1.00 bits per heavy atom. The Morgan fingerprint density at radius 2 is 1.78 bits per heavy atom. The molecule has 0 amide bonds. The summed E-state index contributed by atoms with van der Waals surface area (Å²) >= 11 is 0. The Balaban J connectivity index is 1.82. The molecule has 2 rings (SSSR count). The highest BCUT2D eigenvalue weighted by Crippen LogP contribution is 2.18. The first-order valence-corrected chi connectivity index (χ1v) is 6.30. The molecular weight excluding hydrogens is 225 g/mol. The Morgan fingerprint density at radius 3 is 2.50 bits per heavy atom. The predicted molar refractivity (Wildman–Crippen MR) is 74.4 cm³/mol. The Kier molecular flexibility index (Phi) is 4.35. The van der Waals surface area contributed by atoms with Crippen molar-refractivity contribution in [1.29, 1.82) is 0 Å². The van der Waals surface area contributed by atoms with E-state index in [4.69, 9.17) is 0 Å². The first-order chi connectivity index (χ1) is 8.77. The molecule has 0 atom stereocenters. The molecule has 0 spiro atoms. The third-order valence-corrected chi connectivity index (χ3v) is 3.01. The fraction of sp³-hybridized carbons (Fsp3) is 0.250. The SMILES string of the molecule is Cc1cccc(F)c1NCCCc1ccccc1. The van der Waals surface area contributed by atoms with Gasteiger partial charge in [-0.1, -0.05) is 42.5 Å². The summed E-state index contributed by atoms with van der Waals surface area (Å²) in [6, 6.07) is 15.5. The fourth-order valence-corrected chi connectivity index (χ4v) is 2.01. The van der Waals surface area contributed by atoms with Crippen LogP contribution in [0.2, 0.25) is 0 Å². The molecule has 0 saturated heterocycles. The Labute approximate surface area is 108 Å². The lowest BCUT2D eigenvalue weighted by molar-refractivity contribution is 0.628. The second-order valence-electron chi connectivity index (χ2n) is 4.45. The second kappa shape index (κ2) is 6.20. The van der Waals surface area contributed by atoms with E-state index in [0.717, 1.165) is 24.9 Å². The van der Waals surface area contributed by atoms with Crippen LogP contribution in [0.5, 0.6) is 0 Å². The number of nitrogens with one attached hydrogen (secondary N) is 1. The maximum absolute atomic E-state index is 13.5. The molecule has 0 bridgehead atoms. The topological polar surface area (TPSA) is 12.0 Å². The van der Waals surface area contributed by atoms with E-state index in [-0.39, 0.29) is 5.82 Å². The summed E-state index contributed by atoms with van der Waals surface area (Å²) in [7, 11) is 0. The van der Waals surface area contributed by atoms with Gasteiger partial charge in [-0.3, -0.25) is 0 Å². The van der Waals surface area contributed by atoms with E-state index in [1.54, 1.807) is 6.07 Å². The lowest BCUT2D eigenvalue weighted by atomic mass is 10.1. The van der Waals surface area contributed by atoms with Gasteiger partial charge in [-0.25, -0.2) is 4.39 Å². The van der Waals surface area contributed by atoms with Gasteiger partial charge in [0.25, 0.3) is 0 Å². The highest BCUT2D eigenvalue weighted by atomic mass is 19.1. The van der Waals surface area contributed by atoms with Crippen LogP contribution in [0, 0.1) is 12.7 Å². The van der Waals surface area contributed by atoms with Gasteiger partial charge in [-0.2, -0.15) is 0 Å². The van der Waals surface area contributed by atoms with Gasteiger partial charge >= 0.3 is 0 Å². The molecule has 0 saturated carbocycles. The number of hydrogen-bond donors (Lipinski definition) is 1. The Hall–Kier alpha value is -1.83. The van der Waals surface area contributed by atoms with Crippen LogP contribution in [-0.2, 0) is 6.42 Å². The summed E-state index contributed by atoms with van der Waals surface area (Å²) in [5.41, 5.74) is 2.91. The van der Waals surface area contributed by atoms with Crippen LogP contribution in [-0.4, -0.2) is 6.54 Å². The molecule has 0 aliphatic carbocycles. The summed E-state index contributed by atoms with van der Waals surface area (Å²) in [5.74, 6) is -0.172. The number of benzene rings is 2. The zero-order valence-corrected chi connectivity index (χ0v) is 10.6. The normalized spacial score (nSPS) is 10.3. The summed E-state index contributed by atoms with van der Waals surface area (Å²) < 4.78 is 13.5. The molecule has 0 heterocycles. The smallest absolute Gasteiger partial charge is 0.146 e. The molecule has 18 heavy (non-hydrogen) atoms. The van der Waals surface area contributed by atoms with Crippen molar-refractivity contribution in [1.82, 2.24) is 0 Å². The summed E-state index contributed by atoms with van der Waals surface area (Å²) in [5, 5.41) is 3.18. The molecule has 0 aliphatic rings. The van der Waals surface area contributed by atoms with Crippen molar-refractivity contribution in [3.05, 3.63) is 65.5 Å². The second-order valence-corrected chi connectivity index (χ2v) is 4.45. The molecule has 2 aromatic rings. The van der Waals surface area contributed by atoms with Gasteiger partial charge in [-0.05, 0) is 37.0 Å². The zero-order chi connectivity index (χ0) is 12.8. The quantitative estimate of drug-likeness (QED) is 0.777. The van der Waals surface area contributed by atoms with Crippen LogP contribution in [0.3, 0.4) is 0 Å². The summed E-state index contributed by atoms with van der Waals surface area (Å²) in [6.07, 6.45) is 2.01. The number of para-hydroxylation sites is 1. The average Bonchev–Trinajstić information content (AvgIpc) is 2.38. The van der Waals surface area contributed by atoms with Crippen molar-refractivity contribution in [3.8, 4) is 0 Å². The number of hydrogen-bond acceptors (Lipinski definition) is 1. The van der Waals surface area contributed by atoms with E-state index < -0.39 is 0 Å². The first-order valence-electron chi connectivity index (χ1n) is 6.30. The molecule has 0 aliphatic heterocycles. The average molecular weight is 243 g/mol. The van der Waals surface area contributed by atoms with Crippen LogP contribution in [0.1, 0.15) is 17.5 Å². The molecule has 2 heteroatoms. The Bertz CT molecular complexity index is 473. The largest absolute Gasteiger partial charge is 0.382 e. The highest BCUT2D eigenvalue weighted by molar-refractivity contribution is 5.51. The highest BCUT2D eigenvalue weighted by Gasteiger charge is 2.03. The minimum atomic E-state index is -0.172. The molecule has 0 aromatic heterocycles. The summed E-state index contributed by atoms with van der Waals surface area (Å²) in [6.45, 7) is 2.71. The molecule has 0 fully saturated rings. The van der Waals surface area contributed by atoms with Crippen LogP contribution in [0.4, 0.5) is 10.1 Å². The van der Waals surface area contributed by atoms with Crippen molar-refractivity contribution in [2.75, 3.05) is 11.9 Å². The van der Waals surface area contributed by atoms with Crippen molar-refractivity contribution < 1.29 is 4.39 Å². The third kappa shape index (κ3) is 3.33. The molecule has 0 radical (unpaired) electrons. The van der Waals surface area contributed by atoms with Crippen LogP contribution in [0.25, 0.3) is 0 Å². The van der Waals surface area contributed by atoms with Crippen molar-refractivity contribution in [2.24, 2.45) is 0 Å². The molecule has 2 aromatic carbocycles. The summed E-state index contributed by atoms with van der Waals surface area (Å²) in [4.78, 5) is 0. The van der Waals surface area contributed by atoms with E-state index in [0.29, 0.717) is 5.69 Å². The maximum Gasteiger partial charge on any atom is 0.146 e. The van der Waals surface area contributed by atoms with Gasteiger partial charge in [0.2, 0.25) is 0 Å². The lowest BCUT2D eigenvalue weighted by Crippen LogP contribution is -2.06. The number of anilines is 1. The van der Waals surface area contributed by atoms with Gasteiger partial charge in [0.1, 0.15) is 5.82 Å². The van der Waals surface area contributed by atoms with E-state index >= 15 is 0 Å². The molecule has 0 unspecified atom stereocenters. The molecule has 94 valence electrons. The first kappa shape index (κ1) is 12.6. The maximum atomic E-state index is 13.5. The minimum absolute atomic E-state index is 0.172. The van der Waals surface area contributed by atoms with Crippen LogP contribution < -0.4 is 5.32 Å². The van der Waals surface area contributed by atoms with Gasteiger partial charge in [0.05, 0.1) is 5.69 Å². The minimum Gasteiger partial charge on any atom is -0.382 e. The van der Waals surface area contributed by atoms with Crippen molar-refractivity contribution in [2.45, 2.75) is 19.8 Å². The zero-order valence-electron chi connectivity index (χ0n) is 10.6. The lowest BCUT2D eigenvalue weighted by Gasteiger charge is -2.10. The predicted octanol–water partition coefficient (Wildman–Crippen LogP) is 4.18. The standard InChI is InChI=1S/C16H18FN/c1-13-7-5-11-15(17)16(13)18-12-6-10-14-8-3-2-4-9-14/h2-5,7-9,11,18H,6,10,12H2,1H3. The number of rotatable bonds is 5. The van der Waals surface area contributed by atoms with Gasteiger partial charge < -0.3 is 5.32 Å². The van der Waals surface area contributed by atoms with Crippen LogP contribution >= 0.6 is 0 Å².